The van der Waals surface area contributed by atoms with E-state index in [0.717, 1.165) is 23.0 Å². The Morgan fingerprint density at radius 3 is 2.36 bits per heavy atom. The highest BCUT2D eigenvalue weighted by atomic mass is 16.7. The van der Waals surface area contributed by atoms with E-state index >= 15 is 0 Å². The van der Waals surface area contributed by atoms with Crippen LogP contribution in [0.5, 0.6) is 0 Å². The molecule has 0 atom stereocenters. The van der Waals surface area contributed by atoms with Crippen molar-refractivity contribution in [2.45, 2.75) is 52.2 Å². The second-order valence-electron chi connectivity index (χ2n) is 6.75. The minimum Gasteiger partial charge on any atom is -0.399 e. The molecule has 1 aromatic carbocycles. The number of benzene rings is 1. The van der Waals surface area contributed by atoms with E-state index < -0.39 is 7.12 Å². The summed E-state index contributed by atoms with van der Waals surface area (Å²) < 4.78 is 12.1. The molecule has 1 aromatic heterocycles. The highest BCUT2D eigenvalue weighted by Gasteiger charge is 2.51. The van der Waals surface area contributed by atoms with Crippen LogP contribution in [-0.2, 0) is 15.7 Å². The first kappa shape index (κ1) is 15.2. The molecule has 0 amide bonds. The fraction of sp³-hybridized carbons (Fsp3) is 0.500. The summed E-state index contributed by atoms with van der Waals surface area (Å²) in [5.41, 5.74) is 0.841. The van der Waals surface area contributed by atoms with Crippen molar-refractivity contribution in [2.75, 3.05) is 0 Å². The summed E-state index contributed by atoms with van der Waals surface area (Å²) in [4.78, 5) is 11.9. The third kappa shape index (κ3) is 2.27. The minimum atomic E-state index is -0.432. The SMILES string of the molecule is CCc1n[nH]c(=O)c2ccc(B3OC(C)(C)C(C)(C)O3)cc12. The van der Waals surface area contributed by atoms with Crippen LogP contribution < -0.4 is 11.0 Å². The van der Waals surface area contributed by atoms with Gasteiger partial charge in [-0.25, -0.2) is 5.10 Å². The van der Waals surface area contributed by atoms with Gasteiger partial charge in [-0.2, -0.15) is 5.10 Å². The van der Waals surface area contributed by atoms with Crippen LogP contribution >= 0.6 is 0 Å². The molecule has 116 valence electrons. The van der Waals surface area contributed by atoms with Gasteiger partial charge in [0.1, 0.15) is 0 Å². The number of aromatic nitrogens is 2. The molecule has 0 unspecified atom stereocenters. The predicted octanol–water partition coefficient (Wildman–Crippen LogP) is 1.78. The molecule has 0 saturated carbocycles. The highest BCUT2D eigenvalue weighted by molar-refractivity contribution is 6.62. The average Bonchev–Trinajstić information content (AvgIpc) is 2.68. The van der Waals surface area contributed by atoms with Crippen LogP contribution in [0.3, 0.4) is 0 Å². The maximum atomic E-state index is 11.9. The Labute approximate surface area is 130 Å². The topological polar surface area (TPSA) is 64.2 Å². The van der Waals surface area contributed by atoms with Crippen LogP contribution in [0.1, 0.15) is 40.3 Å². The smallest absolute Gasteiger partial charge is 0.399 e. The summed E-state index contributed by atoms with van der Waals surface area (Å²) >= 11 is 0. The first-order chi connectivity index (χ1) is 10.2. The molecule has 1 saturated heterocycles. The van der Waals surface area contributed by atoms with Crippen molar-refractivity contribution in [1.29, 1.82) is 0 Å². The van der Waals surface area contributed by atoms with Gasteiger partial charge in [0.15, 0.2) is 0 Å². The Hall–Kier alpha value is -1.66. The lowest BCUT2D eigenvalue weighted by atomic mass is 9.78. The van der Waals surface area contributed by atoms with E-state index in [1.807, 2.05) is 52.8 Å². The van der Waals surface area contributed by atoms with Crippen molar-refractivity contribution in [2.24, 2.45) is 0 Å². The van der Waals surface area contributed by atoms with Crippen molar-refractivity contribution in [3.05, 3.63) is 34.2 Å². The number of fused-ring (bicyclic) bond motifs is 1. The third-order valence-electron chi connectivity index (χ3n) is 4.75. The lowest BCUT2D eigenvalue weighted by molar-refractivity contribution is 0.00578. The first-order valence-corrected chi connectivity index (χ1v) is 7.62. The van der Waals surface area contributed by atoms with E-state index in [4.69, 9.17) is 9.31 Å². The average molecular weight is 300 g/mol. The Balaban J connectivity index is 2.09. The highest BCUT2D eigenvalue weighted by Crippen LogP contribution is 2.36. The van der Waals surface area contributed by atoms with Crippen LogP contribution in [0.4, 0.5) is 0 Å². The zero-order valence-electron chi connectivity index (χ0n) is 13.7. The van der Waals surface area contributed by atoms with E-state index in [-0.39, 0.29) is 16.8 Å². The summed E-state index contributed by atoms with van der Waals surface area (Å²) in [6.07, 6.45) is 0.750. The Morgan fingerprint density at radius 1 is 1.14 bits per heavy atom. The largest absolute Gasteiger partial charge is 0.494 e. The molecule has 0 spiro atoms. The Bertz CT molecular complexity index is 767. The second kappa shape index (κ2) is 4.93. The van der Waals surface area contributed by atoms with E-state index in [2.05, 4.69) is 10.2 Å². The normalized spacial score (nSPS) is 19.8. The summed E-state index contributed by atoms with van der Waals surface area (Å²) in [5.74, 6) is 0. The lowest BCUT2D eigenvalue weighted by Crippen LogP contribution is -2.41. The number of rotatable bonds is 2. The molecule has 5 nitrogen and oxygen atoms in total. The Morgan fingerprint density at radius 2 is 1.77 bits per heavy atom. The zero-order valence-corrected chi connectivity index (χ0v) is 13.7. The molecule has 0 bridgehead atoms. The van der Waals surface area contributed by atoms with Crippen LogP contribution in [-0.4, -0.2) is 28.5 Å². The van der Waals surface area contributed by atoms with E-state index in [1.54, 1.807) is 0 Å². The number of nitrogens with one attached hydrogen (secondary N) is 1. The number of hydrogen-bond donors (Lipinski definition) is 1. The van der Waals surface area contributed by atoms with Gasteiger partial charge in [-0.1, -0.05) is 19.1 Å². The van der Waals surface area contributed by atoms with Gasteiger partial charge in [0.25, 0.3) is 5.56 Å². The van der Waals surface area contributed by atoms with Gasteiger partial charge in [0, 0.05) is 5.39 Å². The molecule has 2 heterocycles. The third-order valence-corrected chi connectivity index (χ3v) is 4.75. The van der Waals surface area contributed by atoms with Crippen LogP contribution in [0.15, 0.2) is 23.0 Å². The number of nitrogens with zero attached hydrogens (tertiary/aromatic N) is 1. The molecule has 1 N–H and O–H groups in total. The van der Waals surface area contributed by atoms with Gasteiger partial charge in [-0.05, 0) is 45.6 Å². The van der Waals surface area contributed by atoms with Gasteiger partial charge in [-0.15, -0.1) is 0 Å². The lowest BCUT2D eigenvalue weighted by Gasteiger charge is -2.32. The molecule has 1 aliphatic heterocycles. The second-order valence-corrected chi connectivity index (χ2v) is 6.75. The van der Waals surface area contributed by atoms with Gasteiger partial charge < -0.3 is 9.31 Å². The van der Waals surface area contributed by atoms with Crippen molar-refractivity contribution in [3.63, 3.8) is 0 Å². The summed E-state index contributed by atoms with van der Waals surface area (Å²) in [6, 6.07) is 5.66. The number of hydrogen-bond acceptors (Lipinski definition) is 4. The van der Waals surface area contributed by atoms with Crippen LogP contribution in [0.2, 0.25) is 0 Å². The fourth-order valence-electron chi connectivity index (χ4n) is 2.63. The van der Waals surface area contributed by atoms with Gasteiger partial charge in [0.2, 0.25) is 0 Å². The number of aryl methyl sites for hydroxylation is 1. The number of H-pyrrole nitrogens is 1. The van der Waals surface area contributed by atoms with E-state index in [1.165, 1.54) is 0 Å². The number of aromatic amines is 1. The quantitative estimate of drug-likeness (QED) is 0.859. The standard InChI is InChI=1S/C16H21BN2O3/c1-6-13-12-9-10(7-8-11(12)14(20)19-18-13)17-21-15(2,3)16(4,5)22-17/h7-9H,6H2,1-5H3,(H,19,20). The molecule has 22 heavy (non-hydrogen) atoms. The van der Waals surface area contributed by atoms with Crippen molar-refractivity contribution >= 4 is 23.4 Å². The molecule has 1 fully saturated rings. The molecular weight excluding hydrogens is 279 g/mol. The molecule has 0 aliphatic carbocycles. The molecular formula is C16H21BN2O3. The van der Waals surface area contributed by atoms with E-state index in [0.29, 0.717) is 5.39 Å². The molecule has 1 aliphatic rings. The molecule has 3 rings (SSSR count). The van der Waals surface area contributed by atoms with Crippen molar-refractivity contribution in [1.82, 2.24) is 10.2 Å². The van der Waals surface area contributed by atoms with Crippen LogP contribution in [0.25, 0.3) is 10.8 Å². The van der Waals surface area contributed by atoms with Crippen molar-refractivity contribution in [3.8, 4) is 0 Å². The maximum absolute atomic E-state index is 11.9. The molecule has 6 heteroatoms. The zero-order chi connectivity index (χ0) is 16.1. The van der Waals surface area contributed by atoms with Gasteiger partial charge >= 0.3 is 7.12 Å². The minimum absolute atomic E-state index is 0.173. The summed E-state index contributed by atoms with van der Waals surface area (Å²) in [5, 5.41) is 8.18. The maximum Gasteiger partial charge on any atom is 0.494 e. The first-order valence-electron chi connectivity index (χ1n) is 7.62. The summed E-state index contributed by atoms with van der Waals surface area (Å²) in [6.45, 7) is 10.1. The Kier molecular flexibility index (Phi) is 3.42. The predicted molar refractivity (Wildman–Crippen MR) is 87.5 cm³/mol. The van der Waals surface area contributed by atoms with Gasteiger partial charge in [-0.3, -0.25) is 4.79 Å². The van der Waals surface area contributed by atoms with Crippen molar-refractivity contribution < 1.29 is 9.31 Å². The monoisotopic (exact) mass is 300 g/mol. The van der Waals surface area contributed by atoms with Crippen LogP contribution in [0, 0.1) is 0 Å². The fourth-order valence-corrected chi connectivity index (χ4v) is 2.63. The van der Waals surface area contributed by atoms with E-state index in [9.17, 15) is 4.79 Å². The molecule has 0 radical (unpaired) electrons. The molecule has 2 aromatic rings. The van der Waals surface area contributed by atoms with Gasteiger partial charge in [0.05, 0.1) is 22.3 Å². The summed E-state index contributed by atoms with van der Waals surface area (Å²) in [7, 11) is -0.432.